The molecule has 0 saturated heterocycles. The molecule has 3 nitrogen and oxygen atoms in total. The summed E-state index contributed by atoms with van der Waals surface area (Å²) in [7, 11) is 5.31. The van der Waals surface area contributed by atoms with E-state index in [0.29, 0.717) is 0 Å². The summed E-state index contributed by atoms with van der Waals surface area (Å²) >= 11 is 2.32. The fourth-order valence-electron chi connectivity index (χ4n) is 2.41. The van der Waals surface area contributed by atoms with Crippen LogP contribution >= 0.6 is 22.6 Å². The number of ether oxygens (including phenoxy) is 2. The van der Waals surface area contributed by atoms with E-state index in [1.165, 1.54) is 9.13 Å². The second-order valence-electron chi connectivity index (χ2n) is 4.75. The van der Waals surface area contributed by atoms with E-state index in [-0.39, 0.29) is 6.04 Å². The molecule has 1 unspecified atom stereocenters. The number of hydrogen-bond donors (Lipinski definition) is 1. The third kappa shape index (κ3) is 3.89. The molecule has 0 aliphatic rings. The second kappa shape index (κ2) is 7.66. The van der Waals surface area contributed by atoms with Crippen LogP contribution in [0.1, 0.15) is 17.2 Å². The first-order chi connectivity index (χ1) is 10.2. The molecule has 112 valence electrons. The minimum absolute atomic E-state index is 0.176. The molecular weight excluding hydrogens is 377 g/mol. The zero-order valence-electron chi connectivity index (χ0n) is 12.5. The van der Waals surface area contributed by atoms with Crippen molar-refractivity contribution < 1.29 is 9.47 Å². The van der Waals surface area contributed by atoms with Gasteiger partial charge in [0.25, 0.3) is 0 Å². The molecule has 0 radical (unpaired) electrons. The number of likely N-dealkylation sites (N-methyl/N-ethyl adjacent to an activating group) is 1. The molecule has 1 atom stereocenters. The average molecular weight is 397 g/mol. The molecule has 1 N–H and O–H groups in total. The van der Waals surface area contributed by atoms with Gasteiger partial charge in [0.15, 0.2) is 11.5 Å². The van der Waals surface area contributed by atoms with Gasteiger partial charge in [-0.25, -0.2) is 0 Å². The Morgan fingerprint density at radius 3 is 2.33 bits per heavy atom. The van der Waals surface area contributed by atoms with Gasteiger partial charge in [-0.2, -0.15) is 0 Å². The molecule has 21 heavy (non-hydrogen) atoms. The van der Waals surface area contributed by atoms with Gasteiger partial charge in [0.05, 0.1) is 14.2 Å². The summed E-state index contributed by atoms with van der Waals surface area (Å²) in [6.07, 6.45) is 0.900. The zero-order chi connectivity index (χ0) is 15.2. The largest absolute Gasteiger partial charge is 0.493 e. The van der Waals surface area contributed by atoms with Crippen LogP contribution in [0.3, 0.4) is 0 Å². The quantitative estimate of drug-likeness (QED) is 0.753. The van der Waals surface area contributed by atoms with Gasteiger partial charge in [-0.1, -0.05) is 24.3 Å². The van der Waals surface area contributed by atoms with Gasteiger partial charge in [0.2, 0.25) is 0 Å². The number of hydrogen-bond acceptors (Lipinski definition) is 3. The van der Waals surface area contributed by atoms with Gasteiger partial charge >= 0.3 is 0 Å². The first-order valence-corrected chi connectivity index (χ1v) is 7.90. The van der Waals surface area contributed by atoms with Crippen LogP contribution in [0.2, 0.25) is 0 Å². The van der Waals surface area contributed by atoms with Crippen molar-refractivity contribution in [3.63, 3.8) is 0 Å². The van der Waals surface area contributed by atoms with Crippen molar-refractivity contribution in [1.82, 2.24) is 5.32 Å². The fraction of sp³-hybridized carbons (Fsp3) is 0.294. The van der Waals surface area contributed by atoms with Crippen LogP contribution in [-0.2, 0) is 6.42 Å². The van der Waals surface area contributed by atoms with E-state index in [2.05, 4.69) is 58.2 Å². The number of rotatable bonds is 6. The molecule has 2 rings (SSSR count). The van der Waals surface area contributed by atoms with Crippen LogP contribution < -0.4 is 14.8 Å². The van der Waals surface area contributed by atoms with Crippen molar-refractivity contribution in [2.24, 2.45) is 0 Å². The Balaban J connectivity index is 2.31. The summed E-state index contributed by atoms with van der Waals surface area (Å²) in [5.74, 6) is 1.56. The van der Waals surface area contributed by atoms with Gasteiger partial charge in [-0.05, 0) is 59.8 Å². The molecule has 2 aromatic rings. The predicted octanol–water partition coefficient (Wildman–Crippen LogP) is 3.81. The molecule has 0 amide bonds. The van der Waals surface area contributed by atoms with Gasteiger partial charge in [0.1, 0.15) is 0 Å². The van der Waals surface area contributed by atoms with Crippen LogP contribution in [0, 0.1) is 3.57 Å². The van der Waals surface area contributed by atoms with Gasteiger partial charge in [-0.15, -0.1) is 0 Å². The summed E-state index contributed by atoms with van der Waals surface area (Å²) in [6.45, 7) is 0. The first-order valence-electron chi connectivity index (χ1n) is 6.82. The standard InChI is InChI=1S/C17H20INO2/c1-19-15(11-12-7-9-13(18)10-8-12)14-5-4-6-16(20-2)17(14)21-3/h4-10,15,19H,11H2,1-3H3. The number of benzene rings is 2. The molecule has 0 saturated carbocycles. The molecule has 0 aliphatic heterocycles. The Morgan fingerprint density at radius 1 is 1.05 bits per heavy atom. The van der Waals surface area contributed by atoms with E-state index in [1.54, 1.807) is 14.2 Å². The van der Waals surface area contributed by atoms with E-state index in [4.69, 9.17) is 9.47 Å². The molecule has 0 bridgehead atoms. The Labute approximate surface area is 139 Å². The minimum Gasteiger partial charge on any atom is -0.493 e. The predicted molar refractivity (Wildman–Crippen MR) is 94.2 cm³/mol. The van der Waals surface area contributed by atoms with Gasteiger partial charge in [0, 0.05) is 15.2 Å². The lowest BCUT2D eigenvalue weighted by Gasteiger charge is -2.21. The summed E-state index contributed by atoms with van der Waals surface area (Å²) in [5, 5.41) is 3.37. The number of methoxy groups -OCH3 is 2. The molecular formula is C17H20INO2. The maximum atomic E-state index is 5.54. The third-order valence-electron chi connectivity index (χ3n) is 3.51. The Bertz CT molecular complexity index is 584. The smallest absolute Gasteiger partial charge is 0.165 e. The SMILES string of the molecule is CNC(Cc1ccc(I)cc1)c1cccc(OC)c1OC. The van der Waals surface area contributed by atoms with Gasteiger partial charge in [-0.3, -0.25) is 0 Å². The van der Waals surface area contributed by atoms with E-state index in [9.17, 15) is 0 Å². The molecule has 0 aromatic heterocycles. The van der Waals surface area contributed by atoms with Crippen molar-refractivity contribution in [1.29, 1.82) is 0 Å². The van der Waals surface area contributed by atoms with Crippen molar-refractivity contribution in [3.05, 3.63) is 57.2 Å². The van der Waals surface area contributed by atoms with Gasteiger partial charge < -0.3 is 14.8 Å². The molecule has 0 fully saturated rings. The van der Waals surface area contributed by atoms with Crippen LogP contribution in [0.4, 0.5) is 0 Å². The summed E-state index contributed by atoms with van der Waals surface area (Å²) in [5.41, 5.74) is 2.40. The topological polar surface area (TPSA) is 30.5 Å². The van der Waals surface area contributed by atoms with Crippen LogP contribution in [0.25, 0.3) is 0 Å². The molecule has 2 aromatic carbocycles. The molecule has 0 spiro atoms. The van der Waals surface area contributed by atoms with Crippen molar-refractivity contribution in [2.75, 3.05) is 21.3 Å². The lowest BCUT2D eigenvalue weighted by molar-refractivity contribution is 0.347. The summed E-state index contributed by atoms with van der Waals surface area (Å²) < 4.78 is 12.2. The lowest BCUT2D eigenvalue weighted by Crippen LogP contribution is -2.19. The van der Waals surface area contributed by atoms with E-state index >= 15 is 0 Å². The highest BCUT2D eigenvalue weighted by Crippen LogP contribution is 2.35. The minimum atomic E-state index is 0.176. The highest BCUT2D eigenvalue weighted by molar-refractivity contribution is 14.1. The van der Waals surface area contributed by atoms with E-state index in [1.807, 2.05) is 19.2 Å². The first kappa shape index (κ1) is 16.1. The number of para-hydroxylation sites is 1. The normalized spacial score (nSPS) is 12.0. The Morgan fingerprint density at radius 2 is 1.76 bits per heavy atom. The van der Waals surface area contributed by atoms with E-state index in [0.717, 1.165) is 23.5 Å². The maximum absolute atomic E-state index is 5.54. The fourth-order valence-corrected chi connectivity index (χ4v) is 2.77. The Hall–Kier alpha value is -1.27. The van der Waals surface area contributed by atoms with Crippen molar-refractivity contribution in [3.8, 4) is 11.5 Å². The molecule has 0 aliphatic carbocycles. The third-order valence-corrected chi connectivity index (χ3v) is 4.23. The van der Waals surface area contributed by atoms with Crippen molar-refractivity contribution in [2.45, 2.75) is 12.5 Å². The highest BCUT2D eigenvalue weighted by atomic mass is 127. The lowest BCUT2D eigenvalue weighted by atomic mass is 9.98. The summed E-state index contributed by atoms with van der Waals surface area (Å²) in [4.78, 5) is 0. The zero-order valence-corrected chi connectivity index (χ0v) is 14.7. The van der Waals surface area contributed by atoms with Crippen LogP contribution in [0.15, 0.2) is 42.5 Å². The average Bonchev–Trinajstić information content (AvgIpc) is 2.53. The molecule has 4 heteroatoms. The Kier molecular flexibility index (Phi) is 5.87. The van der Waals surface area contributed by atoms with E-state index < -0.39 is 0 Å². The highest BCUT2D eigenvalue weighted by Gasteiger charge is 2.18. The molecule has 0 heterocycles. The van der Waals surface area contributed by atoms with Crippen LogP contribution in [0.5, 0.6) is 11.5 Å². The van der Waals surface area contributed by atoms with Crippen molar-refractivity contribution >= 4 is 22.6 Å². The van der Waals surface area contributed by atoms with Crippen LogP contribution in [-0.4, -0.2) is 21.3 Å². The summed E-state index contributed by atoms with van der Waals surface area (Å²) in [6, 6.07) is 14.8. The maximum Gasteiger partial charge on any atom is 0.165 e. The second-order valence-corrected chi connectivity index (χ2v) is 6.00. The number of halogens is 1. The number of nitrogens with one attached hydrogen (secondary N) is 1. The monoisotopic (exact) mass is 397 g/mol.